The third-order valence-corrected chi connectivity index (χ3v) is 2.40. The molecule has 0 spiro atoms. The zero-order chi connectivity index (χ0) is 13.0. The van der Waals surface area contributed by atoms with Gasteiger partial charge in [-0.25, -0.2) is 8.78 Å². The minimum absolute atomic E-state index is 0.308. The largest absolute Gasteiger partial charge is 0.503 e. The first-order chi connectivity index (χ1) is 8.66. The SMILES string of the molecule is Oc1c(F)cc(CNCCn2ccnn2)cc1F. The molecule has 7 heteroatoms. The first-order valence-electron chi connectivity index (χ1n) is 5.38. The molecule has 0 fully saturated rings. The molecule has 2 rings (SSSR count). The summed E-state index contributed by atoms with van der Waals surface area (Å²) in [5, 5.41) is 19.4. The molecule has 18 heavy (non-hydrogen) atoms. The van der Waals surface area contributed by atoms with Gasteiger partial charge in [-0.1, -0.05) is 5.21 Å². The third-order valence-electron chi connectivity index (χ3n) is 2.40. The summed E-state index contributed by atoms with van der Waals surface area (Å²) in [5.41, 5.74) is 0.432. The van der Waals surface area contributed by atoms with E-state index in [1.54, 1.807) is 17.1 Å². The van der Waals surface area contributed by atoms with Gasteiger partial charge in [-0.05, 0) is 17.7 Å². The van der Waals surface area contributed by atoms with Gasteiger partial charge >= 0.3 is 0 Å². The maximum Gasteiger partial charge on any atom is 0.187 e. The quantitative estimate of drug-likeness (QED) is 0.783. The average molecular weight is 254 g/mol. The van der Waals surface area contributed by atoms with Gasteiger partial charge in [-0.3, -0.25) is 4.68 Å². The van der Waals surface area contributed by atoms with Crippen LogP contribution in [0.4, 0.5) is 8.78 Å². The van der Waals surface area contributed by atoms with Gasteiger partial charge in [0.2, 0.25) is 0 Å². The van der Waals surface area contributed by atoms with Gasteiger partial charge in [0.05, 0.1) is 12.7 Å². The lowest BCUT2D eigenvalue weighted by Crippen LogP contribution is -2.20. The van der Waals surface area contributed by atoms with Gasteiger partial charge in [0.1, 0.15) is 0 Å². The standard InChI is InChI=1S/C11H12F2N4O/c12-9-5-8(6-10(13)11(9)18)7-14-1-3-17-4-2-15-16-17/h2,4-6,14,18H,1,3,7H2. The summed E-state index contributed by atoms with van der Waals surface area (Å²) in [7, 11) is 0. The summed E-state index contributed by atoms with van der Waals surface area (Å²) in [6.07, 6.45) is 3.30. The highest BCUT2D eigenvalue weighted by Crippen LogP contribution is 2.21. The van der Waals surface area contributed by atoms with E-state index in [-0.39, 0.29) is 0 Å². The highest BCUT2D eigenvalue weighted by Gasteiger charge is 2.08. The van der Waals surface area contributed by atoms with E-state index in [1.807, 2.05) is 0 Å². The van der Waals surface area contributed by atoms with E-state index in [0.717, 1.165) is 12.1 Å². The normalized spacial score (nSPS) is 10.8. The van der Waals surface area contributed by atoms with Gasteiger partial charge in [0, 0.05) is 19.3 Å². The number of hydrogen-bond donors (Lipinski definition) is 2. The van der Waals surface area contributed by atoms with E-state index in [0.29, 0.717) is 25.2 Å². The number of aromatic nitrogens is 3. The highest BCUT2D eigenvalue weighted by molar-refractivity contribution is 5.29. The molecule has 0 amide bonds. The van der Waals surface area contributed by atoms with Gasteiger partial charge in [-0.2, -0.15) is 0 Å². The Morgan fingerprint density at radius 2 is 2.00 bits per heavy atom. The molecule has 0 saturated carbocycles. The number of phenols is 1. The van der Waals surface area contributed by atoms with Gasteiger partial charge in [0.25, 0.3) is 0 Å². The summed E-state index contributed by atoms with van der Waals surface area (Å²) in [6.45, 7) is 1.51. The fourth-order valence-electron chi connectivity index (χ4n) is 1.50. The highest BCUT2D eigenvalue weighted by atomic mass is 19.1. The van der Waals surface area contributed by atoms with Crippen LogP contribution in [0.3, 0.4) is 0 Å². The molecular formula is C11H12F2N4O. The number of benzene rings is 1. The minimum Gasteiger partial charge on any atom is -0.503 e. The van der Waals surface area contributed by atoms with Crippen LogP contribution in [-0.2, 0) is 13.1 Å². The molecule has 1 aromatic carbocycles. The Morgan fingerprint density at radius 3 is 2.61 bits per heavy atom. The smallest absolute Gasteiger partial charge is 0.187 e. The van der Waals surface area contributed by atoms with Crippen molar-refractivity contribution in [2.75, 3.05) is 6.54 Å². The zero-order valence-electron chi connectivity index (χ0n) is 9.48. The van der Waals surface area contributed by atoms with Crippen LogP contribution >= 0.6 is 0 Å². The Balaban J connectivity index is 1.83. The lowest BCUT2D eigenvalue weighted by Gasteiger charge is -2.06. The molecular weight excluding hydrogens is 242 g/mol. The number of nitrogens with one attached hydrogen (secondary N) is 1. The predicted molar refractivity (Wildman–Crippen MR) is 59.8 cm³/mol. The molecule has 0 saturated heterocycles. The maximum absolute atomic E-state index is 13.0. The van der Waals surface area contributed by atoms with Crippen molar-refractivity contribution in [2.45, 2.75) is 13.1 Å². The van der Waals surface area contributed by atoms with Crippen LogP contribution in [-0.4, -0.2) is 26.6 Å². The third kappa shape index (κ3) is 3.01. The molecule has 0 aliphatic carbocycles. The molecule has 1 heterocycles. The Kier molecular flexibility index (Phi) is 3.83. The van der Waals surface area contributed by atoms with Crippen molar-refractivity contribution in [1.29, 1.82) is 0 Å². The van der Waals surface area contributed by atoms with E-state index in [4.69, 9.17) is 5.11 Å². The van der Waals surface area contributed by atoms with Crippen LogP contribution in [0.1, 0.15) is 5.56 Å². The fourth-order valence-corrected chi connectivity index (χ4v) is 1.50. The van der Waals surface area contributed by atoms with E-state index >= 15 is 0 Å². The molecule has 0 aliphatic heterocycles. The number of halogens is 2. The fraction of sp³-hybridized carbons (Fsp3) is 0.273. The Morgan fingerprint density at radius 1 is 1.28 bits per heavy atom. The number of phenolic OH excluding ortho intramolecular Hbond substituents is 1. The van der Waals surface area contributed by atoms with Crippen LogP contribution in [0.15, 0.2) is 24.5 Å². The lowest BCUT2D eigenvalue weighted by atomic mass is 10.2. The van der Waals surface area contributed by atoms with Crippen LogP contribution in [0.25, 0.3) is 0 Å². The maximum atomic E-state index is 13.0. The summed E-state index contributed by atoms with van der Waals surface area (Å²) in [6, 6.07) is 2.20. The Labute approximate surface area is 102 Å². The second kappa shape index (κ2) is 5.54. The van der Waals surface area contributed by atoms with Crippen LogP contribution in [0, 0.1) is 11.6 Å². The van der Waals surface area contributed by atoms with Crippen molar-refractivity contribution in [3.05, 3.63) is 41.7 Å². The van der Waals surface area contributed by atoms with Crippen molar-refractivity contribution in [3.63, 3.8) is 0 Å². The van der Waals surface area contributed by atoms with Crippen LogP contribution < -0.4 is 5.32 Å². The Bertz CT molecular complexity index is 493. The Hall–Kier alpha value is -2.02. The number of nitrogens with zero attached hydrogens (tertiary/aromatic N) is 3. The molecule has 0 atom stereocenters. The van der Waals surface area contributed by atoms with E-state index < -0.39 is 17.4 Å². The second-order valence-corrected chi connectivity index (χ2v) is 3.75. The van der Waals surface area contributed by atoms with Crippen molar-refractivity contribution < 1.29 is 13.9 Å². The molecule has 0 aliphatic rings. The topological polar surface area (TPSA) is 63.0 Å². The van der Waals surface area contributed by atoms with Gasteiger partial charge in [-0.15, -0.1) is 5.10 Å². The lowest BCUT2D eigenvalue weighted by molar-refractivity contribution is 0.395. The van der Waals surface area contributed by atoms with E-state index in [1.165, 1.54) is 0 Å². The van der Waals surface area contributed by atoms with Crippen molar-refractivity contribution >= 4 is 0 Å². The molecule has 0 unspecified atom stereocenters. The minimum atomic E-state index is -0.955. The van der Waals surface area contributed by atoms with Crippen LogP contribution in [0.5, 0.6) is 5.75 Å². The first kappa shape index (κ1) is 12.4. The van der Waals surface area contributed by atoms with Gasteiger partial charge < -0.3 is 10.4 Å². The number of rotatable bonds is 5. The number of hydrogen-bond acceptors (Lipinski definition) is 4. The molecule has 0 bridgehead atoms. The van der Waals surface area contributed by atoms with Crippen molar-refractivity contribution in [3.8, 4) is 5.75 Å². The van der Waals surface area contributed by atoms with Crippen LogP contribution in [0.2, 0.25) is 0 Å². The van der Waals surface area contributed by atoms with E-state index in [9.17, 15) is 8.78 Å². The second-order valence-electron chi connectivity index (χ2n) is 3.75. The molecule has 2 N–H and O–H groups in total. The number of aromatic hydroxyl groups is 1. The molecule has 0 radical (unpaired) electrons. The van der Waals surface area contributed by atoms with Crippen molar-refractivity contribution in [1.82, 2.24) is 20.3 Å². The summed E-state index contributed by atoms with van der Waals surface area (Å²) >= 11 is 0. The molecule has 2 aromatic rings. The molecule has 5 nitrogen and oxygen atoms in total. The molecule has 96 valence electrons. The molecule has 1 aromatic heterocycles. The zero-order valence-corrected chi connectivity index (χ0v) is 9.48. The predicted octanol–water partition coefficient (Wildman–Crippen LogP) is 1.05. The summed E-state index contributed by atoms with van der Waals surface area (Å²) in [4.78, 5) is 0. The van der Waals surface area contributed by atoms with Gasteiger partial charge in [0.15, 0.2) is 17.4 Å². The monoisotopic (exact) mass is 254 g/mol. The van der Waals surface area contributed by atoms with Crippen molar-refractivity contribution in [2.24, 2.45) is 0 Å². The van der Waals surface area contributed by atoms with E-state index in [2.05, 4.69) is 15.6 Å². The summed E-state index contributed by atoms with van der Waals surface area (Å²) < 4.78 is 27.7. The first-order valence-corrected chi connectivity index (χ1v) is 5.38. The average Bonchev–Trinajstić information content (AvgIpc) is 2.84. The summed E-state index contributed by atoms with van der Waals surface area (Å²) in [5.74, 6) is -2.85.